The summed E-state index contributed by atoms with van der Waals surface area (Å²) in [5.41, 5.74) is 20.6. The van der Waals surface area contributed by atoms with E-state index in [-0.39, 0.29) is 10.8 Å². The van der Waals surface area contributed by atoms with Gasteiger partial charge < -0.3 is 9.13 Å². The second-order valence-electron chi connectivity index (χ2n) is 16.9. The van der Waals surface area contributed by atoms with Crippen molar-refractivity contribution in [3.8, 4) is 44.8 Å². The van der Waals surface area contributed by atoms with Gasteiger partial charge in [0.1, 0.15) is 0 Å². The van der Waals surface area contributed by atoms with Crippen LogP contribution in [0.1, 0.15) is 49.9 Å². The highest BCUT2D eigenvalue weighted by atomic mass is 15.0. The van der Waals surface area contributed by atoms with E-state index in [1.54, 1.807) is 0 Å². The van der Waals surface area contributed by atoms with E-state index >= 15 is 0 Å². The summed E-state index contributed by atoms with van der Waals surface area (Å²) in [5, 5.41) is 5.14. The molecule has 2 heterocycles. The normalized spacial score (nSPS) is 14.7. The Hall–Kier alpha value is -6.64. The average molecular weight is 717 g/mol. The topological polar surface area (TPSA) is 9.86 Å². The van der Waals surface area contributed by atoms with Crippen molar-refractivity contribution in [1.82, 2.24) is 9.13 Å². The van der Waals surface area contributed by atoms with Crippen molar-refractivity contribution in [3.05, 3.63) is 192 Å². The first-order chi connectivity index (χ1) is 27.3. The molecule has 0 fully saturated rings. The molecule has 2 aliphatic rings. The first-order valence-corrected chi connectivity index (χ1v) is 19.9. The van der Waals surface area contributed by atoms with E-state index in [4.69, 9.17) is 0 Å². The molecular formula is C54H40N2. The predicted octanol–water partition coefficient (Wildman–Crippen LogP) is 14.2. The zero-order valence-corrected chi connectivity index (χ0v) is 32.1. The summed E-state index contributed by atoms with van der Waals surface area (Å²) in [6.45, 7) is 9.80. The minimum atomic E-state index is -0.214. The molecule has 0 saturated heterocycles. The molecule has 56 heavy (non-hydrogen) atoms. The van der Waals surface area contributed by atoms with Crippen molar-refractivity contribution in [2.45, 2.75) is 38.5 Å². The molecule has 0 bridgehead atoms. The van der Waals surface area contributed by atoms with Crippen LogP contribution in [0.3, 0.4) is 0 Å². The fourth-order valence-corrected chi connectivity index (χ4v) is 10.8. The highest BCUT2D eigenvalue weighted by molar-refractivity contribution is 6.11. The van der Waals surface area contributed by atoms with Crippen LogP contribution in [0.4, 0.5) is 0 Å². The summed E-state index contributed by atoms with van der Waals surface area (Å²) < 4.78 is 4.92. The van der Waals surface area contributed by atoms with Gasteiger partial charge in [0, 0.05) is 43.7 Å². The zero-order chi connectivity index (χ0) is 37.5. The lowest BCUT2D eigenvalue weighted by atomic mass is 9.71. The Labute approximate surface area is 326 Å². The van der Waals surface area contributed by atoms with Crippen LogP contribution in [0.5, 0.6) is 0 Å². The lowest BCUT2D eigenvalue weighted by Crippen LogP contribution is -2.24. The van der Waals surface area contributed by atoms with Gasteiger partial charge in [-0.2, -0.15) is 0 Å². The maximum Gasteiger partial charge on any atom is 0.0541 e. The molecule has 0 saturated carbocycles. The zero-order valence-electron chi connectivity index (χ0n) is 32.1. The molecule has 2 heteroatoms. The summed E-state index contributed by atoms with van der Waals surface area (Å²) in [6.07, 6.45) is 0. The van der Waals surface area contributed by atoms with Gasteiger partial charge in [-0.1, -0.05) is 143 Å². The van der Waals surface area contributed by atoms with Gasteiger partial charge in [-0.3, -0.25) is 0 Å². The van der Waals surface area contributed by atoms with Crippen LogP contribution in [0.15, 0.2) is 170 Å². The molecule has 2 aromatic heterocycles. The van der Waals surface area contributed by atoms with Crippen molar-refractivity contribution >= 4 is 43.6 Å². The van der Waals surface area contributed by atoms with Crippen molar-refractivity contribution in [2.75, 3.05) is 0 Å². The standard InChI is InChI=1S/C54H40N2/c1-53(2)44-28-26-34(55-46-22-12-8-18-36(46)37-19-9-13-23-47(37)55)30-41(44)42-32-40(33-16-6-5-7-17-33)50-43-31-35(27-29-45(43)54(3,4)52(50)51(42)53)56-48-24-14-10-20-38(48)39-21-11-15-25-49(39)56/h5-32H,1-4H3. The van der Waals surface area contributed by atoms with E-state index in [2.05, 4.69) is 207 Å². The molecule has 0 unspecified atom stereocenters. The highest BCUT2D eigenvalue weighted by Gasteiger charge is 2.47. The lowest BCUT2D eigenvalue weighted by molar-refractivity contribution is 0.601. The van der Waals surface area contributed by atoms with E-state index in [1.165, 1.54) is 111 Å². The second kappa shape index (κ2) is 11.0. The van der Waals surface area contributed by atoms with Crippen LogP contribution in [0.25, 0.3) is 88.4 Å². The summed E-state index contributed by atoms with van der Waals surface area (Å²) in [6, 6.07) is 63.4. The first kappa shape index (κ1) is 31.7. The van der Waals surface area contributed by atoms with Crippen LogP contribution in [0.2, 0.25) is 0 Å². The number of para-hydroxylation sites is 4. The van der Waals surface area contributed by atoms with E-state index in [0.717, 1.165) is 0 Å². The van der Waals surface area contributed by atoms with Crippen molar-refractivity contribution in [2.24, 2.45) is 0 Å². The maximum atomic E-state index is 2.53. The molecule has 0 spiro atoms. The molecule has 8 aromatic carbocycles. The van der Waals surface area contributed by atoms with Gasteiger partial charge in [-0.15, -0.1) is 0 Å². The molecule has 0 N–H and O–H groups in total. The Kier molecular flexibility index (Phi) is 6.22. The molecule has 0 radical (unpaired) electrons. The largest absolute Gasteiger partial charge is 0.309 e. The SMILES string of the molecule is CC1(C)c2ccc(-n3c4ccccc4c4ccccc43)cc2-c2cc(-c3ccccc3)c3c(c21)C(C)(C)c1ccc(-n2c4ccccc4c4ccccc42)cc1-3. The van der Waals surface area contributed by atoms with E-state index in [0.29, 0.717) is 0 Å². The maximum absolute atomic E-state index is 2.53. The van der Waals surface area contributed by atoms with Crippen LogP contribution in [-0.4, -0.2) is 9.13 Å². The van der Waals surface area contributed by atoms with Crippen molar-refractivity contribution in [3.63, 3.8) is 0 Å². The number of hydrogen-bond acceptors (Lipinski definition) is 0. The minimum absolute atomic E-state index is 0.196. The third kappa shape index (κ3) is 4.01. The summed E-state index contributed by atoms with van der Waals surface area (Å²) >= 11 is 0. The third-order valence-corrected chi connectivity index (χ3v) is 13.3. The van der Waals surface area contributed by atoms with Gasteiger partial charge in [0.2, 0.25) is 0 Å². The van der Waals surface area contributed by atoms with Gasteiger partial charge in [-0.05, 0) is 110 Å². The number of nitrogens with zero attached hydrogens (tertiary/aromatic N) is 2. The van der Waals surface area contributed by atoms with Gasteiger partial charge in [-0.25, -0.2) is 0 Å². The summed E-state index contributed by atoms with van der Waals surface area (Å²) in [5.74, 6) is 0. The fraction of sp³-hybridized carbons (Fsp3) is 0.111. The summed E-state index contributed by atoms with van der Waals surface area (Å²) in [7, 11) is 0. The molecule has 0 atom stereocenters. The Morgan fingerprint density at radius 2 is 0.750 bits per heavy atom. The third-order valence-electron chi connectivity index (χ3n) is 13.3. The summed E-state index contributed by atoms with van der Waals surface area (Å²) in [4.78, 5) is 0. The average Bonchev–Trinajstić information content (AvgIpc) is 3.89. The van der Waals surface area contributed by atoms with Crippen LogP contribution < -0.4 is 0 Å². The predicted molar refractivity (Wildman–Crippen MR) is 236 cm³/mol. The van der Waals surface area contributed by atoms with E-state index in [1.807, 2.05) is 0 Å². The molecule has 266 valence electrons. The van der Waals surface area contributed by atoms with Crippen molar-refractivity contribution in [1.29, 1.82) is 0 Å². The van der Waals surface area contributed by atoms with E-state index in [9.17, 15) is 0 Å². The Bertz CT molecular complexity index is 3190. The van der Waals surface area contributed by atoms with Crippen LogP contribution in [-0.2, 0) is 10.8 Å². The number of aromatic nitrogens is 2. The molecule has 12 rings (SSSR count). The van der Waals surface area contributed by atoms with Gasteiger partial charge in [0.05, 0.1) is 22.1 Å². The molecule has 0 aliphatic heterocycles. The van der Waals surface area contributed by atoms with E-state index < -0.39 is 0 Å². The highest BCUT2D eigenvalue weighted by Crippen LogP contribution is 2.62. The molecule has 2 nitrogen and oxygen atoms in total. The van der Waals surface area contributed by atoms with Gasteiger partial charge in [0.15, 0.2) is 0 Å². The quantitative estimate of drug-likeness (QED) is 0.172. The Morgan fingerprint density at radius 1 is 0.339 bits per heavy atom. The number of fused-ring (bicyclic) bond motifs is 13. The molecular weight excluding hydrogens is 677 g/mol. The molecule has 10 aromatic rings. The van der Waals surface area contributed by atoms with Gasteiger partial charge >= 0.3 is 0 Å². The first-order valence-electron chi connectivity index (χ1n) is 19.9. The lowest BCUT2D eigenvalue weighted by Gasteiger charge is -2.31. The van der Waals surface area contributed by atoms with Crippen LogP contribution >= 0.6 is 0 Å². The Balaban J connectivity index is 1.14. The minimum Gasteiger partial charge on any atom is -0.309 e. The number of benzene rings is 8. The van der Waals surface area contributed by atoms with Gasteiger partial charge in [0.25, 0.3) is 0 Å². The molecule has 2 aliphatic carbocycles. The Morgan fingerprint density at radius 3 is 1.25 bits per heavy atom. The second-order valence-corrected chi connectivity index (χ2v) is 16.9. The number of hydrogen-bond donors (Lipinski definition) is 0. The monoisotopic (exact) mass is 716 g/mol. The fourth-order valence-electron chi connectivity index (χ4n) is 10.8. The van der Waals surface area contributed by atoms with Crippen LogP contribution in [0, 0.1) is 0 Å². The smallest absolute Gasteiger partial charge is 0.0541 e. The molecule has 0 amide bonds. The van der Waals surface area contributed by atoms with Crippen molar-refractivity contribution < 1.29 is 0 Å². The number of rotatable bonds is 3.